The molecule has 100 valence electrons. The van der Waals surface area contributed by atoms with E-state index in [-0.39, 0.29) is 11.6 Å². The van der Waals surface area contributed by atoms with E-state index in [0.29, 0.717) is 17.1 Å². The van der Waals surface area contributed by atoms with Gasteiger partial charge >= 0.3 is 0 Å². The van der Waals surface area contributed by atoms with E-state index in [0.717, 1.165) is 11.3 Å². The molecule has 0 amide bonds. The van der Waals surface area contributed by atoms with Crippen LogP contribution in [0.4, 0.5) is 10.1 Å². The lowest BCUT2D eigenvalue weighted by Crippen LogP contribution is -2.03. The van der Waals surface area contributed by atoms with Gasteiger partial charge in [-0.15, -0.1) is 0 Å². The first-order chi connectivity index (χ1) is 9.11. The molecule has 0 fully saturated rings. The molecule has 2 nitrogen and oxygen atoms in total. The topological polar surface area (TPSA) is 21.3 Å². The van der Waals surface area contributed by atoms with E-state index in [1.807, 2.05) is 25.1 Å². The van der Waals surface area contributed by atoms with Gasteiger partial charge in [0.05, 0.1) is 17.8 Å². The summed E-state index contributed by atoms with van der Waals surface area (Å²) in [4.78, 5) is 0. The molecular weight excluding hydrogens is 265 g/mol. The Hall–Kier alpha value is -1.74. The van der Waals surface area contributed by atoms with E-state index in [1.54, 1.807) is 18.2 Å². The third-order valence-corrected chi connectivity index (χ3v) is 3.17. The lowest BCUT2D eigenvalue weighted by atomic mass is 10.2. The van der Waals surface area contributed by atoms with Gasteiger partial charge in [-0.05, 0) is 30.7 Å². The number of benzene rings is 2. The molecule has 0 unspecified atom stereocenters. The normalized spacial score (nSPS) is 10.3. The van der Waals surface area contributed by atoms with Crippen LogP contribution < -0.4 is 10.1 Å². The van der Waals surface area contributed by atoms with Crippen LogP contribution in [0.1, 0.15) is 11.1 Å². The van der Waals surface area contributed by atoms with Gasteiger partial charge in [0, 0.05) is 12.1 Å². The maximum Gasteiger partial charge on any atom is 0.170 e. The zero-order valence-electron chi connectivity index (χ0n) is 10.8. The molecule has 0 aromatic heterocycles. The third kappa shape index (κ3) is 3.18. The van der Waals surface area contributed by atoms with Crippen molar-refractivity contribution in [3.63, 3.8) is 0 Å². The molecule has 2 aromatic carbocycles. The number of rotatable bonds is 4. The van der Waals surface area contributed by atoms with Crippen molar-refractivity contribution in [3.8, 4) is 5.75 Å². The van der Waals surface area contributed by atoms with Crippen LogP contribution in [0.15, 0.2) is 36.4 Å². The molecule has 0 aliphatic carbocycles. The van der Waals surface area contributed by atoms with E-state index in [1.165, 1.54) is 7.11 Å². The fourth-order valence-electron chi connectivity index (χ4n) is 1.80. The number of hydrogen-bond acceptors (Lipinski definition) is 2. The monoisotopic (exact) mass is 279 g/mol. The third-order valence-electron chi connectivity index (χ3n) is 2.86. The Balaban J connectivity index is 2.14. The quantitative estimate of drug-likeness (QED) is 0.895. The molecule has 0 bridgehead atoms. The summed E-state index contributed by atoms with van der Waals surface area (Å²) in [5.41, 5.74) is 2.41. The first-order valence-electron chi connectivity index (χ1n) is 5.93. The maximum absolute atomic E-state index is 13.9. The van der Waals surface area contributed by atoms with Gasteiger partial charge < -0.3 is 10.1 Å². The highest BCUT2D eigenvalue weighted by Crippen LogP contribution is 2.25. The van der Waals surface area contributed by atoms with Crippen LogP contribution >= 0.6 is 11.6 Å². The first kappa shape index (κ1) is 13.7. The average molecular weight is 280 g/mol. The summed E-state index contributed by atoms with van der Waals surface area (Å²) in [6, 6.07) is 10.8. The highest BCUT2D eigenvalue weighted by atomic mass is 35.5. The number of hydrogen-bond donors (Lipinski definition) is 1. The Morgan fingerprint density at radius 3 is 2.74 bits per heavy atom. The van der Waals surface area contributed by atoms with Gasteiger partial charge in [-0.2, -0.15) is 0 Å². The summed E-state index contributed by atoms with van der Waals surface area (Å²) in [5.74, 6) is -0.102. The number of ether oxygens (including phenoxy) is 1. The summed E-state index contributed by atoms with van der Waals surface area (Å²) >= 11 is 6.11. The van der Waals surface area contributed by atoms with Crippen LogP contribution in [0.2, 0.25) is 5.02 Å². The number of aryl methyl sites for hydroxylation is 1. The van der Waals surface area contributed by atoms with Crippen LogP contribution in [0.3, 0.4) is 0 Å². The summed E-state index contributed by atoms with van der Waals surface area (Å²) in [7, 11) is 1.45. The van der Waals surface area contributed by atoms with Gasteiger partial charge in [-0.25, -0.2) is 4.39 Å². The highest BCUT2D eigenvalue weighted by molar-refractivity contribution is 6.33. The van der Waals surface area contributed by atoms with Crippen molar-refractivity contribution in [1.82, 2.24) is 0 Å². The van der Waals surface area contributed by atoms with E-state index >= 15 is 0 Å². The van der Waals surface area contributed by atoms with Crippen LogP contribution in [-0.2, 0) is 6.54 Å². The van der Waals surface area contributed by atoms with Crippen molar-refractivity contribution >= 4 is 17.3 Å². The van der Waals surface area contributed by atoms with E-state index in [9.17, 15) is 4.39 Å². The number of nitrogens with one attached hydrogen (secondary N) is 1. The lowest BCUT2D eigenvalue weighted by molar-refractivity contribution is 0.384. The van der Waals surface area contributed by atoms with Crippen LogP contribution in [0.5, 0.6) is 5.75 Å². The zero-order valence-corrected chi connectivity index (χ0v) is 11.6. The Bertz CT molecular complexity index is 586. The van der Waals surface area contributed by atoms with Gasteiger partial charge in [-0.3, -0.25) is 0 Å². The molecule has 0 aliphatic rings. The second-order valence-corrected chi connectivity index (χ2v) is 4.68. The second-order valence-electron chi connectivity index (χ2n) is 4.27. The summed E-state index contributed by atoms with van der Waals surface area (Å²) < 4.78 is 18.9. The van der Waals surface area contributed by atoms with Crippen molar-refractivity contribution < 1.29 is 9.13 Å². The summed E-state index contributed by atoms with van der Waals surface area (Å²) in [6.07, 6.45) is 0. The maximum atomic E-state index is 13.9. The van der Waals surface area contributed by atoms with Crippen molar-refractivity contribution in [1.29, 1.82) is 0 Å². The van der Waals surface area contributed by atoms with Crippen molar-refractivity contribution in [2.24, 2.45) is 0 Å². The van der Waals surface area contributed by atoms with Crippen molar-refractivity contribution in [2.75, 3.05) is 12.4 Å². The fraction of sp³-hybridized carbons (Fsp3) is 0.200. The molecular formula is C15H15ClFNO. The molecule has 0 atom stereocenters. The Morgan fingerprint density at radius 2 is 2.05 bits per heavy atom. The molecule has 0 aliphatic heterocycles. The minimum Gasteiger partial charge on any atom is -0.494 e. The highest BCUT2D eigenvalue weighted by Gasteiger charge is 2.08. The van der Waals surface area contributed by atoms with E-state index in [2.05, 4.69) is 5.32 Å². The first-order valence-corrected chi connectivity index (χ1v) is 6.31. The number of anilines is 1. The molecule has 2 aromatic rings. The predicted molar refractivity (Wildman–Crippen MR) is 76.5 cm³/mol. The van der Waals surface area contributed by atoms with Crippen LogP contribution in [0, 0.1) is 12.7 Å². The minimum absolute atomic E-state index is 0.245. The Labute approximate surface area is 117 Å². The van der Waals surface area contributed by atoms with Gasteiger partial charge in [0.2, 0.25) is 0 Å². The van der Waals surface area contributed by atoms with Gasteiger partial charge in [0.25, 0.3) is 0 Å². The molecule has 0 radical (unpaired) electrons. The summed E-state index contributed by atoms with van der Waals surface area (Å²) in [5, 5.41) is 3.75. The average Bonchev–Trinajstić information content (AvgIpc) is 2.39. The number of halogens is 2. The van der Waals surface area contributed by atoms with Crippen molar-refractivity contribution in [3.05, 3.63) is 58.4 Å². The van der Waals surface area contributed by atoms with E-state index in [4.69, 9.17) is 16.3 Å². The largest absolute Gasteiger partial charge is 0.494 e. The van der Waals surface area contributed by atoms with Crippen molar-refractivity contribution in [2.45, 2.75) is 13.5 Å². The molecule has 1 N–H and O–H groups in total. The fourth-order valence-corrected chi connectivity index (χ4v) is 2.11. The van der Waals surface area contributed by atoms with Crippen LogP contribution in [-0.4, -0.2) is 7.11 Å². The predicted octanol–water partition coefficient (Wildman–Crippen LogP) is 4.41. The molecule has 4 heteroatoms. The molecule has 2 rings (SSSR count). The van der Waals surface area contributed by atoms with E-state index < -0.39 is 0 Å². The minimum atomic E-state index is -0.347. The van der Waals surface area contributed by atoms with Gasteiger partial charge in [0.1, 0.15) is 0 Å². The lowest BCUT2D eigenvalue weighted by Gasteiger charge is -2.11. The van der Waals surface area contributed by atoms with Gasteiger partial charge in [-0.1, -0.05) is 29.8 Å². The zero-order chi connectivity index (χ0) is 13.8. The second kappa shape index (κ2) is 5.93. The molecule has 0 spiro atoms. The Morgan fingerprint density at radius 1 is 1.26 bits per heavy atom. The summed E-state index contributed by atoms with van der Waals surface area (Å²) in [6.45, 7) is 2.32. The standard InChI is InChI=1S/C15H15ClFNO/c1-10-6-7-13(12(16)8-10)18-9-11-4-3-5-14(19-2)15(11)17/h3-8,18H,9H2,1-2H3. The van der Waals surface area contributed by atoms with Gasteiger partial charge in [0.15, 0.2) is 11.6 Å². The smallest absolute Gasteiger partial charge is 0.170 e. The number of methoxy groups -OCH3 is 1. The molecule has 0 saturated carbocycles. The molecule has 0 heterocycles. The molecule has 0 saturated heterocycles. The Kier molecular flexibility index (Phi) is 4.27. The SMILES string of the molecule is COc1cccc(CNc2ccc(C)cc2Cl)c1F. The molecule has 19 heavy (non-hydrogen) atoms. The van der Waals surface area contributed by atoms with Crippen LogP contribution in [0.25, 0.3) is 0 Å².